The Morgan fingerprint density at radius 2 is 2.07 bits per heavy atom. The van der Waals surface area contributed by atoms with Gasteiger partial charge in [-0.3, -0.25) is 4.79 Å². The number of carboxylic acid groups (broad SMARTS) is 1. The number of hydrogen-bond acceptors (Lipinski definition) is 4. The second-order valence-electron chi connectivity index (χ2n) is 4.51. The van der Waals surface area contributed by atoms with Gasteiger partial charge < -0.3 is 5.11 Å². The maximum Gasteiger partial charge on any atom is 0.314 e. The number of aliphatic carboxylic acids is 1. The first kappa shape index (κ1) is 11.6. The lowest BCUT2D eigenvalue weighted by molar-refractivity contribution is -0.138. The highest BCUT2D eigenvalue weighted by Gasteiger charge is 2.21. The summed E-state index contributed by atoms with van der Waals surface area (Å²) in [5.74, 6) is -1.41. The monoisotopic (exact) mass is 209 g/mol. The molecule has 0 aliphatic carbocycles. The van der Waals surface area contributed by atoms with E-state index in [1.807, 2.05) is 20.8 Å². The Morgan fingerprint density at radius 3 is 2.53 bits per heavy atom. The molecule has 0 saturated carbocycles. The van der Waals surface area contributed by atoms with Gasteiger partial charge in [0.15, 0.2) is 5.82 Å². The number of carboxylic acids is 1. The Labute approximate surface area is 88.6 Å². The molecule has 0 spiro atoms. The zero-order valence-electron chi connectivity index (χ0n) is 9.35. The van der Waals surface area contributed by atoms with Crippen LogP contribution in [0.15, 0.2) is 6.20 Å². The van der Waals surface area contributed by atoms with Crippen LogP contribution in [0.4, 0.5) is 0 Å². The van der Waals surface area contributed by atoms with E-state index in [9.17, 15) is 4.79 Å². The average Bonchev–Trinajstić information content (AvgIpc) is 2.15. The third-order valence-electron chi connectivity index (χ3n) is 2.10. The van der Waals surface area contributed by atoms with Gasteiger partial charge in [0, 0.05) is 5.41 Å². The zero-order chi connectivity index (χ0) is 11.6. The molecule has 15 heavy (non-hydrogen) atoms. The van der Waals surface area contributed by atoms with Crippen LogP contribution in [-0.4, -0.2) is 26.3 Å². The lowest BCUT2D eigenvalue weighted by Gasteiger charge is -2.17. The van der Waals surface area contributed by atoms with Crippen molar-refractivity contribution in [3.05, 3.63) is 17.7 Å². The number of carbonyl (C=O) groups is 1. The summed E-state index contributed by atoms with van der Waals surface area (Å²) >= 11 is 0. The van der Waals surface area contributed by atoms with E-state index in [1.54, 1.807) is 13.1 Å². The third kappa shape index (κ3) is 2.71. The fourth-order valence-electron chi connectivity index (χ4n) is 0.973. The van der Waals surface area contributed by atoms with Crippen molar-refractivity contribution in [3.63, 3.8) is 0 Å². The van der Waals surface area contributed by atoms with Gasteiger partial charge in [0.25, 0.3) is 0 Å². The van der Waals surface area contributed by atoms with Crippen molar-refractivity contribution in [2.75, 3.05) is 0 Å². The predicted molar refractivity (Wildman–Crippen MR) is 54.6 cm³/mol. The molecule has 0 aliphatic rings. The van der Waals surface area contributed by atoms with E-state index in [-0.39, 0.29) is 11.2 Å². The number of nitrogens with zero attached hydrogens (tertiary/aromatic N) is 3. The SMILES string of the molecule is CC(C(=O)O)c1nncc(C(C)(C)C)n1. The number of hydrogen-bond donors (Lipinski definition) is 1. The van der Waals surface area contributed by atoms with Gasteiger partial charge in [-0.05, 0) is 6.92 Å². The zero-order valence-corrected chi connectivity index (χ0v) is 9.35. The van der Waals surface area contributed by atoms with Gasteiger partial charge >= 0.3 is 5.97 Å². The summed E-state index contributed by atoms with van der Waals surface area (Å²) in [4.78, 5) is 15.0. The number of rotatable bonds is 2. The normalized spacial score (nSPS) is 13.6. The van der Waals surface area contributed by atoms with Crippen LogP contribution in [0.3, 0.4) is 0 Å². The molecule has 0 radical (unpaired) electrons. The van der Waals surface area contributed by atoms with E-state index >= 15 is 0 Å². The molecule has 0 saturated heterocycles. The van der Waals surface area contributed by atoms with Crippen LogP contribution in [0.25, 0.3) is 0 Å². The molecule has 1 unspecified atom stereocenters. The fraction of sp³-hybridized carbons (Fsp3) is 0.600. The summed E-state index contributed by atoms with van der Waals surface area (Å²) in [5, 5.41) is 16.3. The highest BCUT2D eigenvalue weighted by molar-refractivity contribution is 5.74. The van der Waals surface area contributed by atoms with E-state index in [0.717, 1.165) is 5.69 Å². The molecule has 5 nitrogen and oxygen atoms in total. The molecular weight excluding hydrogens is 194 g/mol. The van der Waals surface area contributed by atoms with Gasteiger partial charge in [-0.1, -0.05) is 20.8 Å². The summed E-state index contributed by atoms with van der Waals surface area (Å²) in [6, 6.07) is 0. The maximum atomic E-state index is 10.8. The first-order valence-corrected chi connectivity index (χ1v) is 4.75. The fourth-order valence-corrected chi connectivity index (χ4v) is 0.973. The van der Waals surface area contributed by atoms with Crippen molar-refractivity contribution >= 4 is 5.97 Å². The second-order valence-corrected chi connectivity index (χ2v) is 4.51. The summed E-state index contributed by atoms with van der Waals surface area (Å²) in [7, 11) is 0. The van der Waals surface area contributed by atoms with Crippen molar-refractivity contribution in [2.45, 2.75) is 39.0 Å². The van der Waals surface area contributed by atoms with E-state index in [1.165, 1.54) is 0 Å². The Bertz CT molecular complexity index is 371. The quantitative estimate of drug-likeness (QED) is 0.795. The minimum absolute atomic E-state index is 0.150. The largest absolute Gasteiger partial charge is 0.481 e. The summed E-state index contributed by atoms with van der Waals surface area (Å²) < 4.78 is 0. The highest BCUT2D eigenvalue weighted by atomic mass is 16.4. The molecule has 1 atom stereocenters. The summed E-state index contributed by atoms with van der Waals surface area (Å²) in [6.07, 6.45) is 1.57. The average molecular weight is 209 g/mol. The van der Waals surface area contributed by atoms with Crippen LogP contribution in [0, 0.1) is 0 Å². The molecule has 0 aliphatic heterocycles. The topological polar surface area (TPSA) is 76.0 Å². The van der Waals surface area contributed by atoms with Crippen LogP contribution in [-0.2, 0) is 10.2 Å². The van der Waals surface area contributed by atoms with Gasteiger partial charge in [-0.25, -0.2) is 4.98 Å². The van der Waals surface area contributed by atoms with E-state index in [4.69, 9.17) is 5.11 Å². The van der Waals surface area contributed by atoms with Gasteiger partial charge in [0.05, 0.1) is 11.9 Å². The minimum atomic E-state index is -0.942. The smallest absolute Gasteiger partial charge is 0.314 e. The Balaban J connectivity index is 3.08. The molecule has 1 aromatic heterocycles. The Hall–Kier alpha value is -1.52. The van der Waals surface area contributed by atoms with E-state index in [0.29, 0.717) is 0 Å². The first-order chi connectivity index (χ1) is 6.82. The number of aromatic nitrogens is 3. The van der Waals surface area contributed by atoms with Crippen molar-refractivity contribution in [2.24, 2.45) is 0 Å². The van der Waals surface area contributed by atoms with Gasteiger partial charge in [0.2, 0.25) is 0 Å². The van der Waals surface area contributed by atoms with Crippen molar-refractivity contribution in [1.29, 1.82) is 0 Å². The van der Waals surface area contributed by atoms with E-state index in [2.05, 4.69) is 15.2 Å². The molecule has 1 aromatic rings. The molecule has 0 amide bonds. The molecule has 1 rings (SSSR count). The molecular formula is C10H15N3O2. The lowest BCUT2D eigenvalue weighted by Crippen LogP contribution is -2.19. The van der Waals surface area contributed by atoms with Crippen molar-refractivity contribution in [1.82, 2.24) is 15.2 Å². The Morgan fingerprint density at radius 1 is 1.47 bits per heavy atom. The standard InChI is InChI=1S/C10H15N3O2/c1-6(9(14)15)8-12-7(5-11-13-8)10(2,3)4/h5-6H,1-4H3,(H,14,15). The maximum absolute atomic E-state index is 10.8. The predicted octanol–water partition coefficient (Wildman–Crippen LogP) is 1.36. The van der Waals surface area contributed by atoms with Crippen LogP contribution >= 0.6 is 0 Å². The lowest BCUT2D eigenvalue weighted by atomic mass is 9.92. The molecule has 5 heteroatoms. The third-order valence-corrected chi connectivity index (χ3v) is 2.10. The van der Waals surface area contributed by atoms with Crippen LogP contribution in [0.1, 0.15) is 45.1 Å². The van der Waals surface area contributed by atoms with Crippen molar-refractivity contribution in [3.8, 4) is 0 Å². The van der Waals surface area contributed by atoms with E-state index < -0.39 is 11.9 Å². The van der Waals surface area contributed by atoms with Crippen LogP contribution < -0.4 is 0 Å². The van der Waals surface area contributed by atoms with Gasteiger partial charge in [-0.2, -0.15) is 5.10 Å². The molecule has 0 fully saturated rings. The second kappa shape index (κ2) is 3.92. The van der Waals surface area contributed by atoms with Gasteiger partial charge in [-0.15, -0.1) is 5.10 Å². The molecule has 1 heterocycles. The van der Waals surface area contributed by atoms with Crippen LogP contribution in [0.2, 0.25) is 0 Å². The van der Waals surface area contributed by atoms with Gasteiger partial charge in [0.1, 0.15) is 5.92 Å². The summed E-state index contributed by atoms with van der Waals surface area (Å²) in [6.45, 7) is 7.52. The minimum Gasteiger partial charge on any atom is -0.481 e. The molecule has 0 bridgehead atoms. The highest BCUT2D eigenvalue weighted by Crippen LogP contribution is 2.20. The molecule has 0 aromatic carbocycles. The summed E-state index contributed by atoms with van der Waals surface area (Å²) in [5.41, 5.74) is 0.601. The van der Waals surface area contributed by atoms with Crippen molar-refractivity contribution < 1.29 is 9.90 Å². The molecule has 1 N–H and O–H groups in total. The van der Waals surface area contributed by atoms with Crippen LogP contribution in [0.5, 0.6) is 0 Å². The first-order valence-electron chi connectivity index (χ1n) is 4.75. The molecule has 82 valence electrons. The Kier molecular flexibility index (Phi) is 3.02.